The second-order valence-electron chi connectivity index (χ2n) is 7.30. The fourth-order valence-electron chi connectivity index (χ4n) is 4.88. The number of carbonyl (C=O) groups excluding carboxylic acids is 1. The zero-order valence-corrected chi connectivity index (χ0v) is 16.1. The zero-order valence-electron chi connectivity index (χ0n) is 14.5. The van der Waals surface area contributed by atoms with Crippen molar-refractivity contribution in [1.29, 1.82) is 0 Å². The number of fused-ring (bicyclic) bond motifs is 1. The van der Waals surface area contributed by atoms with Crippen molar-refractivity contribution in [1.82, 2.24) is 10.6 Å². The second kappa shape index (κ2) is 7.26. The van der Waals surface area contributed by atoms with Gasteiger partial charge in [-0.3, -0.25) is 10.1 Å². The summed E-state index contributed by atoms with van der Waals surface area (Å²) in [7, 11) is 0. The standard InChI is InChI=1S/C21H22N2OS.ClH/c24-21(19-11-25-12-23-19)22-10-13-9-18-14-5-1-3-7-16(14)20(13)17-8-4-2-6-15(17)18;/h1-8,13,18-20,23H,9-12H2,(H,22,24);1H. The van der Waals surface area contributed by atoms with Gasteiger partial charge >= 0.3 is 0 Å². The van der Waals surface area contributed by atoms with Gasteiger partial charge in [0.15, 0.2) is 0 Å². The minimum absolute atomic E-state index is 0. The minimum atomic E-state index is -0.0228. The number of hydrogen-bond donors (Lipinski definition) is 2. The molecule has 2 bridgehead atoms. The average Bonchev–Trinajstić information content (AvgIpc) is 3.21. The van der Waals surface area contributed by atoms with Crippen LogP contribution in [0.1, 0.15) is 40.5 Å². The number of thioether (sulfide) groups is 1. The Hall–Kier alpha value is -1.49. The highest BCUT2D eigenvalue weighted by atomic mass is 35.5. The van der Waals surface area contributed by atoms with Gasteiger partial charge in [-0.25, -0.2) is 0 Å². The molecule has 3 aliphatic carbocycles. The van der Waals surface area contributed by atoms with Crippen LogP contribution >= 0.6 is 24.2 Å². The molecule has 5 heteroatoms. The van der Waals surface area contributed by atoms with Gasteiger partial charge in [0.2, 0.25) is 5.91 Å². The van der Waals surface area contributed by atoms with E-state index in [0.29, 0.717) is 17.8 Å². The lowest BCUT2D eigenvalue weighted by Gasteiger charge is -2.45. The van der Waals surface area contributed by atoms with Gasteiger partial charge in [0.25, 0.3) is 0 Å². The van der Waals surface area contributed by atoms with E-state index in [9.17, 15) is 4.79 Å². The molecule has 2 aromatic carbocycles. The van der Waals surface area contributed by atoms with Crippen molar-refractivity contribution in [3.63, 3.8) is 0 Å². The lowest BCUT2D eigenvalue weighted by molar-refractivity contribution is -0.122. The topological polar surface area (TPSA) is 41.1 Å². The third-order valence-electron chi connectivity index (χ3n) is 5.99. The van der Waals surface area contributed by atoms with Gasteiger partial charge in [0.1, 0.15) is 0 Å². The molecule has 2 N–H and O–H groups in total. The van der Waals surface area contributed by atoms with Crippen LogP contribution in [0.2, 0.25) is 0 Å². The van der Waals surface area contributed by atoms with E-state index in [1.165, 1.54) is 22.3 Å². The van der Waals surface area contributed by atoms with Crippen molar-refractivity contribution in [3.05, 3.63) is 70.8 Å². The number of hydrogen-bond acceptors (Lipinski definition) is 3. The largest absolute Gasteiger partial charge is 0.354 e. The lowest BCUT2D eigenvalue weighted by atomic mass is 9.59. The van der Waals surface area contributed by atoms with Crippen molar-refractivity contribution >= 4 is 30.1 Å². The third kappa shape index (κ3) is 2.84. The summed E-state index contributed by atoms with van der Waals surface area (Å²) in [6.07, 6.45) is 1.13. The van der Waals surface area contributed by atoms with Gasteiger partial charge in [0.05, 0.1) is 6.04 Å². The summed E-state index contributed by atoms with van der Waals surface area (Å²) >= 11 is 1.79. The van der Waals surface area contributed by atoms with Gasteiger partial charge in [-0.05, 0) is 34.6 Å². The molecule has 26 heavy (non-hydrogen) atoms. The Bertz CT molecular complexity index is 774. The lowest BCUT2D eigenvalue weighted by Crippen LogP contribution is -2.46. The summed E-state index contributed by atoms with van der Waals surface area (Å²) in [4.78, 5) is 12.4. The summed E-state index contributed by atoms with van der Waals surface area (Å²) in [5.41, 5.74) is 5.91. The molecule has 4 aliphatic rings. The Morgan fingerprint density at radius 2 is 1.65 bits per heavy atom. The Labute approximate surface area is 164 Å². The number of benzene rings is 2. The highest BCUT2D eigenvalue weighted by Gasteiger charge is 2.43. The summed E-state index contributed by atoms with van der Waals surface area (Å²) in [6, 6.07) is 17.7. The van der Waals surface area contributed by atoms with E-state index in [2.05, 4.69) is 59.2 Å². The van der Waals surface area contributed by atoms with Crippen LogP contribution < -0.4 is 10.6 Å². The van der Waals surface area contributed by atoms with Crippen molar-refractivity contribution < 1.29 is 4.79 Å². The molecular formula is C21H23ClN2OS. The van der Waals surface area contributed by atoms with E-state index in [4.69, 9.17) is 0 Å². The molecule has 2 atom stereocenters. The molecule has 136 valence electrons. The van der Waals surface area contributed by atoms with Crippen LogP contribution in [0, 0.1) is 5.92 Å². The predicted molar refractivity (Wildman–Crippen MR) is 109 cm³/mol. The van der Waals surface area contributed by atoms with E-state index in [-0.39, 0.29) is 24.4 Å². The Kier molecular flexibility index (Phi) is 5.00. The van der Waals surface area contributed by atoms with Crippen molar-refractivity contribution in [2.45, 2.75) is 24.3 Å². The molecule has 0 aromatic heterocycles. The summed E-state index contributed by atoms with van der Waals surface area (Å²) in [5.74, 6) is 3.28. The first kappa shape index (κ1) is 17.9. The van der Waals surface area contributed by atoms with E-state index in [1.807, 2.05) is 0 Å². The molecule has 0 radical (unpaired) electrons. The molecule has 3 nitrogen and oxygen atoms in total. The number of rotatable bonds is 3. The molecule has 1 heterocycles. The van der Waals surface area contributed by atoms with Gasteiger partial charge in [0, 0.05) is 30.0 Å². The normalized spacial score (nSPS) is 28.0. The highest BCUT2D eigenvalue weighted by Crippen LogP contribution is 2.55. The van der Waals surface area contributed by atoms with Crippen LogP contribution in [0.3, 0.4) is 0 Å². The highest BCUT2D eigenvalue weighted by molar-refractivity contribution is 7.99. The van der Waals surface area contributed by atoms with Crippen LogP contribution in [-0.2, 0) is 4.79 Å². The molecule has 6 rings (SSSR count). The molecule has 0 saturated carbocycles. The molecule has 1 saturated heterocycles. The Balaban J connectivity index is 0.00000168. The number of nitrogens with one attached hydrogen (secondary N) is 2. The number of carbonyl (C=O) groups is 1. The van der Waals surface area contributed by atoms with Crippen LogP contribution in [0.5, 0.6) is 0 Å². The quantitative estimate of drug-likeness (QED) is 0.848. The summed E-state index contributed by atoms with van der Waals surface area (Å²) in [6.45, 7) is 0.769. The van der Waals surface area contributed by atoms with Crippen LogP contribution in [0.4, 0.5) is 0 Å². The SMILES string of the molecule is Cl.O=C(NCC1CC2c3ccccc3C1c1ccccc12)C1CSCN1. The first-order chi connectivity index (χ1) is 12.3. The van der Waals surface area contributed by atoms with E-state index in [0.717, 1.165) is 24.6 Å². The first-order valence-corrected chi connectivity index (χ1v) is 10.2. The molecule has 1 amide bonds. The van der Waals surface area contributed by atoms with Crippen molar-refractivity contribution in [2.24, 2.45) is 5.92 Å². The fourth-order valence-corrected chi connectivity index (χ4v) is 5.82. The second-order valence-corrected chi connectivity index (χ2v) is 8.33. The molecule has 1 aliphatic heterocycles. The van der Waals surface area contributed by atoms with Crippen LogP contribution in [0.15, 0.2) is 48.5 Å². The third-order valence-corrected chi connectivity index (χ3v) is 6.93. The fraction of sp³-hybridized carbons (Fsp3) is 0.381. The van der Waals surface area contributed by atoms with Gasteiger partial charge in [-0.15, -0.1) is 24.2 Å². The minimum Gasteiger partial charge on any atom is -0.354 e. The van der Waals surface area contributed by atoms with Crippen LogP contribution in [-0.4, -0.2) is 30.1 Å². The summed E-state index contributed by atoms with van der Waals surface area (Å²) < 4.78 is 0. The molecule has 2 unspecified atom stereocenters. The van der Waals surface area contributed by atoms with E-state index < -0.39 is 0 Å². The van der Waals surface area contributed by atoms with Crippen LogP contribution in [0.25, 0.3) is 0 Å². The smallest absolute Gasteiger partial charge is 0.238 e. The Morgan fingerprint density at radius 1 is 1.04 bits per heavy atom. The molecule has 1 fully saturated rings. The monoisotopic (exact) mass is 386 g/mol. The van der Waals surface area contributed by atoms with Gasteiger partial charge in [-0.1, -0.05) is 48.5 Å². The van der Waals surface area contributed by atoms with Crippen molar-refractivity contribution in [2.75, 3.05) is 18.2 Å². The number of halogens is 1. The Morgan fingerprint density at radius 3 is 2.23 bits per heavy atom. The van der Waals surface area contributed by atoms with Gasteiger partial charge in [-0.2, -0.15) is 0 Å². The zero-order chi connectivity index (χ0) is 16.8. The maximum absolute atomic E-state index is 12.4. The first-order valence-electron chi connectivity index (χ1n) is 9.09. The maximum atomic E-state index is 12.4. The molecular weight excluding hydrogens is 364 g/mol. The van der Waals surface area contributed by atoms with E-state index >= 15 is 0 Å². The average molecular weight is 387 g/mol. The van der Waals surface area contributed by atoms with Gasteiger partial charge < -0.3 is 5.32 Å². The van der Waals surface area contributed by atoms with Crippen molar-refractivity contribution in [3.8, 4) is 0 Å². The maximum Gasteiger partial charge on any atom is 0.238 e. The number of amides is 1. The predicted octanol–water partition coefficient (Wildman–Crippen LogP) is 3.48. The molecule has 0 spiro atoms. The summed E-state index contributed by atoms with van der Waals surface area (Å²) in [5, 5.41) is 6.49. The van der Waals surface area contributed by atoms with E-state index in [1.54, 1.807) is 11.8 Å². The molecule has 2 aromatic rings.